The van der Waals surface area contributed by atoms with Crippen molar-refractivity contribution in [3.63, 3.8) is 0 Å². The zero-order valence-corrected chi connectivity index (χ0v) is 15.2. The summed E-state index contributed by atoms with van der Waals surface area (Å²) in [4.78, 5) is 15.1. The lowest BCUT2D eigenvalue weighted by molar-refractivity contribution is 0.0462. The van der Waals surface area contributed by atoms with Crippen LogP contribution < -0.4 is 9.47 Å². The fourth-order valence-electron chi connectivity index (χ4n) is 3.73. The number of benzene rings is 1. The summed E-state index contributed by atoms with van der Waals surface area (Å²) in [6, 6.07) is 7.48. The Balaban J connectivity index is 1.36. The lowest BCUT2D eigenvalue weighted by Crippen LogP contribution is -2.43. The van der Waals surface area contributed by atoms with Crippen LogP contribution in [-0.2, 0) is 11.3 Å². The van der Waals surface area contributed by atoms with Gasteiger partial charge in [-0.15, -0.1) is 0 Å². The molecule has 7 nitrogen and oxygen atoms in total. The van der Waals surface area contributed by atoms with Crippen LogP contribution in [-0.4, -0.2) is 53.6 Å². The van der Waals surface area contributed by atoms with E-state index in [9.17, 15) is 4.79 Å². The summed E-state index contributed by atoms with van der Waals surface area (Å²) < 4.78 is 19.3. The fraction of sp³-hybridized carbons (Fsp3) is 0.500. The smallest absolute Gasteiger partial charge is 0.258 e. The zero-order chi connectivity index (χ0) is 18.2. The van der Waals surface area contributed by atoms with E-state index in [4.69, 9.17) is 14.2 Å². The average molecular weight is 369 g/mol. The van der Waals surface area contributed by atoms with Crippen LogP contribution in [0.25, 0.3) is 0 Å². The van der Waals surface area contributed by atoms with Gasteiger partial charge in [0.25, 0.3) is 5.91 Å². The second-order valence-electron chi connectivity index (χ2n) is 7.42. The van der Waals surface area contributed by atoms with E-state index < -0.39 is 0 Å². The molecule has 1 amide bonds. The Hall–Kier alpha value is -2.54. The van der Waals surface area contributed by atoms with E-state index in [-0.39, 0.29) is 11.9 Å². The van der Waals surface area contributed by atoms with Gasteiger partial charge in [0.05, 0.1) is 30.5 Å². The zero-order valence-electron chi connectivity index (χ0n) is 15.2. The van der Waals surface area contributed by atoms with Crippen LogP contribution in [0.3, 0.4) is 0 Å². The number of aromatic nitrogens is 2. The fourth-order valence-corrected chi connectivity index (χ4v) is 3.73. The van der Waals surface area contributed by atoms with Crippen LogP contribution in [0, 0.1) is 5.92 Å². The first-order valence-electron chi connectivity index (χ1n) is 9.57. The van der Waals surface area contributed by atoms with Gasteiger partial charge in [0.15, 0.2) is 11.5 Å². The quantitative estimate of drug-likeness (QED) is 0.809. The molecule has 2 aliphatic heterocycles. The first-order chi connectivity index (χ1) is 13.3. The van der Waals surface area contributed by atoms with E-state index in [1.807, 2.05) is 27.8 Å². The molecule has 142 valence electrons. The van der Waals surface area contributed by atoms with Gasteiger partial charge < -0.3 is 19.1 Å². The molecule has 1 aliphatic carbocycles. The SMILES string of the molecule is O=C(c1cccc2c1OCCO2)N1Cc2ccnn2C(COCC2CC2)C1. The van der Waals surface area contributed by atoms with Gasteiger partial charge >= 0.3 is 0 Å². The predicted molar refractivity (Wildman–Crippen MR) is 97.0 cm³/mol. The summed E-state index contributed by atoms with van der Waals surface area (Å²) in [6.45, 7) is 3.45. The maximum absolute atomic E-state index is 13.3. The highest BCUT2D eigenvalue weighted by Crippen LogP contribution is 2.35. The molecule has 1 unspecified atom stereocenters. The van der Waals surface area contributed by atoms with Gasteiger partial charge in [0.1, 0.15) is 13.2 Å². The van der Waals surface area contributed by atoms with Crippen LogP contribution in [0.4, 0.5) is 0 Å². The summed E-state index contributed by atoms with van der Waals surface area (Å²) >= 11 is 0. The molecule has 0 saturated heterocycles. The van der Waals surface area contributed by atoms with Crippen molar-refractivity contribution < 1.29 is 19.0 Å². The highest BCUT2D eigenvalue weighted by Gasteiger charge is 2.32. The van der Waals surface area contributed by atoms with Gasteiger partial charge in [-0.05, 0) is 37.0 Å². The molecule has 27 heavy (non-hydrogen) atoms. The number of nitrogens with zero attached hydrogens (tertiary/aromatic N) is 3. The van der Waals surface area contributed by atoms with Gasteiger partial charge in [0.2, 0.25) is 0 Å². The third-order valence-electron chi connectivity index (χ3n) is 5.33. The monoisotopic (exact) mass is 369 g/mol. The highest BCUT2D eigenvalue weighted by atomic mass is 16.6. The number of carbonyl (C=O) groups excluding carboxylic acids is 1. The molecule has 1 aromatic carbocycles. The van der Waals surface area contributed by atoms with Crippen LogP contribution in [0.15, 0.2) is 30.5 Å². The minimum Gasteiger partial charge on any atom is -0.486 e. The number of fused-ring (bicyclic) bond motifs is 2. The number of amides is 1. The van der Waals surface area contributed by atoms with Crippen LogP contribution >= 0.6 is 0 Å². The van der Waals surface area contributed by atoms with E-state index >= 15 is 0 Å². The van der Waals surface area contributed by atoms with Gasteiger partial charge in [-0.1, -0.05) is 6.07 Å². The van der Waals surface area contributed by atoms with Crippen molar-refractivity contribution in [2.75, 3.05) is 33.0 Å². The molecule has 0 spiro atoms. The maximum Gasteiger partial charge on any atom is 0.258 e. The maximum atomic E-state index is 13.3. The number of para-hydroxylation sites is 1. The van der Waals surface area contributed by atoms with E-state index in [0.717, 1.165) is 18.2 Å². The number of hydrogen-bond donors (Lipinski definition) is 0. The van der Waals surface area contributed by atoms with Crippen LogP contribution in [0.1, 0.15) is 34.9 Å². The van der Waals surface area contributed by atoms with Crippen molar-refractivity contribution in [3.8, 4) is 11.5 Å². The lowest BCUT2D eigenvalue weighted by atomic mass is 10.1. The van der Waals surface area contributed by atoms with E-state index in [1.54, 1.807) is 12.3 Å². The Kier molecular flexibility index (Phi) is 4.24. The van der Waals surface area contributed by atoms with E-state index in [2.05, 4.69) is 5.10 Å². The van der Waals surface area contributed by atoms with E-state index in [0.29, 0.717) is 50.0 Å². The van der Waals surface area contributed by atoms with Crippen molar-refractivity contribution in [3.05, 3.63) is 41.7 Å². The van der Waals surface area contributed by atoms with Gasteiger partial charge in [-0.2, -0.15) is 5.10 Å². The Morgan fingerprint density at radius 2 is 2.07 bits per heavy atom. The molecule has 7 heteroatoms. The standard InChI is InChI=1S/C20H23N3O4/c24-20(17-2-1-3-18-19(17)27-9-8-26-18)22-10-15-6-7-21-23(15)16(11-22)13-25-12-14-4-5-14/h1-3,6-7,14,16H,4-5,8-13H2. The summed E-state index contributed by atoms with van der Waals surface area (Å²) in [6.07, 6.45) is 4.32. The largest absolute Gasteiger partial charge is 0.486 e. The minimum atomic E-state index is -0.0445. The molecule has 0 bridgehead atoms. The van der Waals surface area contributed by atoms with Crippen LogP contribution in [0.5, 0.6) is 11.5 Å². The molecular formula is C20H23N3O4. The number of carbonyl (C=O) groups is 1. The van der Waals surface area contributed by atoms with Gasteiger partial charge in [-0.25, -0.2) is 0 Å². The van der Waals surface area contributed by atoms with E-state index in [1.165, 1.54) is 12.8 Å². The Morgan fingerprint density at radius 1 is 1.19 bits per heavy atom. The minimum absolute atomic E-state index is 0.0307. The summed E-state index contributed by atoms with van der Waals surface area (Å²) in [7, 11) is 0. The topological polar surface area (TPSA) is 65.8 Å². The molecule has 0 radical (unpaired) electrons. The molecule has 1 atom stereocenters. The predicted octanol–water partition coefficient (Wildman–Crippen LogP) is 2.28. The van der Waals surface area contributed by atoms with Gasteiger partial charge in [0, 0.05) is 19.3 Å². The average Bonchev–Trinajstić information content (AvgIpc) is 3.40. The normalized spacial score (nSPS) is 21.0. The highest BCUT2D eigenvalue weighted by molar-refractivity contribution is 5.98. The third-order valence-corrected chi connectivity index (χ3v) is 5.33. The molecular weight excluding hydrogens is 346 g/mol. The third kappa shape index (κ3) is 3.27. The van der Waals surface area contributed by atoms with Crippen molar-refractivity contribution in [2.24, 2.45) is 5.92 Å². The summed E-state index contributed by atoms with van der Waals surface area (Å²) in [5.41, 5.74) is 1.58. The van der Waals surface area contributed by atoms with Crippen LogP contribution in [0.2, 0.25) is 0 Å². The number of rotatable bonds is 5. The molecule has 3 aliphatic rings. The molecule has 3 heterocycles. The second-order valence-corrected chi connectivity index (χ2v) is 7.42. The molecule has 5 rings (SSSR count). The summed E-state index contributed by atoms with van der Waals surface area (Å²) in [5, 5.41) is 4.44. The van der Waals surface area contributed by atoms with Gasteiger partial charge in [-0.3, -0.25) is 9.48 Å². The Labute approximate surface area is 157 Å². The van der Waals surface area contributed by atoms with Crippen molar-refractivity contribution >= 4 is 5.91 Å². The molecule has 1 saturated carbocycles. The first-order valence-corrected chi connectivity index (χ1v) is 9.57. The molecule has 0 N–H and O–H groups in total. The Bertz CT molecular complexity index is 846. The molecule has 1 aromatic heterocycles. The second kappa shape index (κ2) is 6.88. The number of ether oxygens (including phenoxy) is 3. The van der Waals surface area contributed by atoms with Crippen molar-refractivity contribution in [2.45, 2.75) is 25.4 Å². The first kappa shape index (κ1) is 16.6. The summed E-state index contributed by atoms with van der Waals surface area (Å²) in [5.74, 6) is 1.86. The van der Waals surface area contributed by atoms with Crippen molar-refractivity contribution in [1.82, 2.24) is 14.7 Å². The lowest BCUT2D eigenvalue weighted by Gasteiger charge is -2.34. The Morgan fingerprint density at radius 3 is 2.96 bits per heavy atom. The van der Waals surface area contributed by atoms with Crippen molar-refractivity contribution in [1.29, 1.82) is 0 Å². The molecule has 2 aromatic rings. The number of hydrogen-bond acceptors (Lipinski definition) is 5. The molecule has 1 fully saturated rings.